The highest BCUT2D eigenvalue weighted by atomic mass is 32.3. The topological polar surface area (TPSA) is 536 Å². The molecule has 2 fully saturated rings. The second-order valence-corrected chi connectivity index (χ2v) is 18.2. The van der Waals surface area contributed by atoms with Gasteiger partial charge in [0.05, 0.1) is 13.2 Å². The van der Waals surface area contributed by atoms with Crippen LogP contribution in [0, 0.1) is 0 Å². The van der Waals surface area contributed by atoms with Gasteiger partial charge < -0.3 is 14.2 Å². The van der Waals surface area contributed by atoms with Crippen molar-refractivity contribution in [2.24, 2.45) is 0 Å². The smallest absolute Gasteiger partial charge is 0.341 e. The predicted molar refractivity (Wildman–Crippen MR) is 152 cm³/mol. The van der Waals surface area contributed by atoms with E-state index in [1.807, 2.05) is 0 Å². The first-order valence-electron chi connectivity index (χ1n) is 12.3. The fourth-order valence-electron chi connectivity index (χ4n) is 4.24. The molecule has 0 spiro atoms. The van der Waals surface area contributed by atoms with Gasteiger partial charge in [-0.05, 0) is 0 Å². The molecule has 0 unspecified atom stereocenters. The van der Waals surface area contributed by atoms with Crippen LogP contribution >= 0.6 is 0 Å². The summed E-state index contributed by atoms with van der Waals surface area (Å²) >= 11 is 0. The first-order valence-corrected chi connectivity index (χ1v) is 23.2. The van der Waals surface area contributed by atoms with Crippen LogP contribution in [-0.2, 0) is 131 Å². The maximum absolute atomic E-state index is 11.9. The summed E-state index contributed by atoms with van der Waals surface area (Å²) < 4.78 is 307. The molecule has 35 nitrogen and oxygen atoms in total. The zero-order valence-corrected chi connectivity index (χ0v) is 31.6. The van der Waals surface area contributed by atoms with Crippen LogP contribution in [0.1, 0.15) is 0 Å². The fourth-order valence-corrected chi connectivity index (χ4v) is 7.68. The molecule has 328 valence electrons. The van der Waals surface area contributed by atoms with Crippen molar-refractivity contribution in [2.45, 2.75) is 54.8 Å². The van der Waals surface area contributed by atoms with Gasteiger partial charge in [-0.25, -0.2) is 33.5 Å². The van der Waals surface area contributed by atoms with Crippen LogP contribution in [0.2, 0.25) is 0 Å². The highest BCUT2D eigenvalue weighted by Crippen LogP contribution is 2.42. The zero-order chi connectivity index (χ0) is 43.0. The maximum Gasteiger partial charge on any atom is 0.397 e. The molecule has 55 heavy (non-hydrogen) atoms. The van der Waals surface area contributed by atoms with Gasteiger partial charge in [-0.2, -0.15) is 67.3 Å². The molecule has 0 aromatic rings. The molecule has 0 aromatic heterocycles. The van der Waals surface area contributed by atoms with Crippen molar-refractivity contribution in [2.75, 3.05) is 19.8 Å². The van der Waals surface area contributed by atoms with Crippen LogP contribution in [0.3, 0.4) is 0 Å². The first kappa shape index (κ1) is 50.0. The van der Waals surface area contributed by atoms with Crippen molar-refractivity contribution in [3.8, 4) is 0 Å². The SMILES string of the molecule is O=S(=O)(O)OC[C@@H]1O[C@H](O[C@]2(COS(=O)(=O)O)O[C@@H](COS(=O)(=O)O)[C@@H](OS(=O)(=O)O)[C@@H]2OS(=O)(=O)O)[C@@H](OS(=O)(=O)O)[C@H](OS(=O)(=O)O)[C@H]1OS(=O)(=O)O. The maximum atomic E-state index is 11.9. The standard InChI is InChI=1S/C12H22O35S8/c13-48(14,15)37-1-4-6(43-51(22,23)24)8(45-53(28,29)30)9(46-54(31,32)33)11(40-4)42-12(3-39-50(19,20)21)10(47-55(34,35)36)7(44-52(25,26)27)5(41-12)2-38-49(16,17)18/h4-11H,1-3H2,(H,13,14,15)(H,16,17,18)(H,19,20,21)(H,22,23,24)(H,25,26,27)(H,28,29,30)(H,31,32,33)(H,34,35,36)/t4-,5-,6-,7+,8+,9-,10-,11+,12-/m0/s1. The molecule has 0 saturated carbocycles. The summed E-state index contributed by atoms with van der Waals surface area (Å²) in [5.41, 5.74) is 0. The summed E-state index contributed by atoms with van der Waals surface area (Å²) in [7, 11) is -48.3. The minimum Gasteiger partial charge on any atom is -0.341 e. The molecule has 2 heterocycles. The van der Waals surface area contributed by atoms with Crippen molar-refractivity contribution in [1.82, 2.24) is 0 Å². The molecule has 43 heteroatoms. The Morgan fingerprint density at radius 3 is 1.18 bits per heavy atom. The molecule has 2 aliphatic heterocycles. The molecule has 2 rings (SSSR count). The van der Waals surface area contributed by atoms with E-state index in [0.717, 1.165) is 0 Å². The number of hydrogen-bond acceptors (Lipinski definition) is 27. The van der Waals surface area contributed by atoms with Gasteiger partial charge in [0.1, 0.15) is 37.1 Å². The minimum absolute atomic E-state index is 1.92. The Hall–Kier alpha value is -1.16. The Kier molecular flexibility index (Phi) is 15.6. The molecule has 9 atom stereocenters. The third-order valence-corrected chi connectivity index (χ3v) is 9.28. The van der Waals surface area contributed by atoms with E-state index in [1.54, 1.807) is 0 Å². The summed E-state index contributed by atoms with van der Waals surface area (Å²) in [5, 5.41) is 0. The fraction of sp³-hybridized carbons (Fsp3) is 1.00. The van der Waals surface area contributed by atoms with E-state index in [2.05, 4.69) is 33.5 Å². The van der Waals surface area contributed by atoms with Gasteiger partial charge in [0.2, 0.25) is 5.79 Å². The van der Waals surface area contributed by atoms with E-state index in [4.69, 9.17) is 23.3 Å². The molecule has 0 aliphatic carbocycles. The van der Waals surface area contributed by atoms with Gasteiger partial charge in [-0.3, -0.25) is 36.4 Å². The summed E-state index contributed by atoms with van der Waals surface area (Å²) in [6.45, 7) is -6.25. The Morgan fingerprint density at radius 2 is 0.782 bits per heavy atom. The summed E-state index contributed by atoms with van der Waals surface area (Å²) in [4.78, 5) is 0. The monoisotopic (exact) mass is 982 g/mol. The molecule has 2 aliphatic rings. The average molecular weight is 983 g/mol. The summed E-state index contributed by atoms with van der Waals surface area (Å²) in [5.74, 6) is -4.12. The van der Waals surface area contributed by atoms with E-state index in [-0.39, 0.29) is 0 Å². The molecule has 2 saturated heterocycles. The summed E-state index contributed by atoms with van der Waals surface area (Å²) in [6.07, 6.45) is -26.0. The van der Waals surface area contributed by atoms with E-state index in [1.165, 1.54) is 0 Å². The van der Waals surface area contributed by atoms with Crippen LogP contribution in [0.4, 0.5) is 0 Å². The van der Waals surface area contributed by atoms with Crippen LogP contribution in [0.5, 0.6) is 0 Å². The molecule has 0 aromatic carbocycles. The van der Waals surface area contributed by atoms with E-state index in [9.17, 15) is 94.7 Å². The Morgan fingerprint density at radius 1 is 0.418 bits per heavy atom. The lowest BCUT2D eigenvalue weighted by atomic mass is 9.99. The largest absolute Gasteiger partial charge is 0.397 e. The molecule has 8 N–H and O–H groups in total. The third kappa shape index (κ3) is 18.1. The molecular formula is C12H22O35S8. The van der Waals surface area contributed by atoms with Crippen molar-refractivity contribution in [3.63, 3.8) is 0 Å². The van der Waals surface area contributed by atoms with Crippen molar-refractivity contribution >= 4 is 83.2 Å². The van der Waals surface area contributed by atoms with Gasteiger partial charge in [-0.1, -0.05) is 0 Å². The van der Waals surface area contributed by atoms with Crippen LogP contribution in [0.25, 0.3) is 0 Å². The van der Waals surface area contributed by atoms with E-state index < -0.39 is 158 Å². The highest BCUT2D eigenvalue weighted by Gasteiger charge is 2.65. The normalized spacial score (nSPS) is 30.7. The highest BCUT2D eigenvalue weighted by molar-refractivity contribution is 7.82. The Labute approximate surface area is 308 Å². The quantitative estimate of drug-likeness (QED) is 0.0496. The average Bonchev–Trinajstić information content (AvgIpc) is 3.15. The number of ether oxygens (including phenoxy) is 3. The second-order valence-electron chi connectivity index (χ2n) is 9.64. The zero-order valence-electron chi connectivity index (χ0n) is 25.1. The minimum atomic E-state index is -6.24. The summed E-state index contributed by atoms with van der Waals surface area (Å²) in [6, 6.07) is 0. The van der Waals surface area contributed by atoms with E-state index in [0.29, 0.717) is 0 Å². The van der Waals surface area contributed by atoms with Crippen LogP contribution in [0.15, 0.2) is 0 Å². The van der Waals surface area contributed by atoms with Gasteiger partial charge in [-0.15, -0.1) is 0 Å². The lowest BCUT2D eigenvalue weighted by Crippen LogP contribution is -2.65. The predicted octanol–water partition coefficient (Wildman–Crippen LogP) is -6.78. The molecule has 0 amide bonds. The molecule has 0 radical (unpaired) electrons. The van der Waals surface area contributed by atoms with Crippen LogP contribution in [-0.4, -0.2) is 178 Å². The lowest BCUT2D eigenvalue weighted by molar-refractivity contribution is -0.374. The number of hydrogen-bond donors (Lipinski definition) is 8. The third-order valence-electron chi connectivity index (χ3n) is 5.68. The van der Waals surface area contributed by atoms with Gasteiger partial charge in [0.25, 0.3) is 0 Å². The van der Waals surface area contributed by atoms with Crippen LogP contribution < -0.4 is 0 Å². The van der Waals surface area contributed by atoms with Crippen molar-refractivity contribution < 1.29 is 151 Å². The van der Waals surface area contributed by atoms with Crippen molar-refractivity contribution in [3.05, 3.63) is 0 Å². The van der Waals surface area contributed by atoms with Gasteiger partial charge in [0, 0.05) is 0 Å². The molecule has 0 bridgehead atoms. The van der Waals surface area contributed by atoms with Gasteiger partial charge in [0.15, 0.2) is 18.5 Å². The molecular weight excluding hydrogens is 961 g/mol. The Balaban J connectivity index is 3.07. The van der Waals surface area contributed by atoms with Gasteiger partial charge >= 0.3 is 83.2 Å². The Bertz CT molecular complexity index is 2280. The second kappa shape index (κ2) is 17.2. The number of rotatable bonds is 21. The lowest BCUT2D eigenvalue weighted by Gasteiger charge is -2.45. The first-order chi connectivity index (χ1) is 24.2. The van der Waals surface area contributed by atoms with Crippen molar-refractivity contribution in [1.29, 1.82) is 0 Å². The van der Waals surface area contributed by atoms with E-state index >= 15 is 0 Å².